The minimum Gasteiger partial charge on any atom is -0.503 e. The topological polar surface area (TPSA) is 111 Å². The number of carbonyl (C=O) groups excluding carboxylic acids is 2. The molecule has 0 radical (unpaired) electrons. The summed E-state index contributed by atoms with van der Waals surface area (Å²) in [4.78, 5) is 32.9. The van der Waals surface area contributed by atoms with Crippen molar-refractivity contribution in [2.45, 2.75) is 26.4 Å². The van der Waals surface area contributed by atoms with Crippen molar-refractivity contribution in [3.63, 3.8) is 0 Å². The number of pyridine rings is 1. The number of ether oxygens (including phenoxy) is 3. The quantitative estimate of drug-likeness (QED) is 0.272. The van der Waals surface area contributed by atoms with Crippen molar-refractivity contribution in [2.24, 2.45) is 0 Å². The summed E-state index contributed by atoms with van der Waals surface area (Å²) in [6, 6.07) is 14.8. The Labute approximate surface area is 225 Å². The Balaban J connectivity index is 1.63. The molecule has 1 atom stereocenters. The van der Waals surface area contributed by atoms with Gasteiger partial charge >= 0.3 is 0 Å². The Kier molecular flexibility index (Phi) is 7.23. The number of fused-ring (bicyclic) bond motifs is 1. The predicted molar refractivity (Wildman–Crippen MR) is 143 cm³/mol. The summed E-state index contributed by atoms with van der Waals surface area (Å²) in [6.07, 6.45) is 3.27. The Hall–Kier alpha value is -4.79. The second kappa shape index (κ2) is 10.9. The highest BCUT2D eigenvalue weighted by Crippen LogP contribution is 2.43. The van der Waals surface area contributed by atoms with Gasteiger partial charge in [-0.05, 0) is 55.3 Å². The van der Waals surface area contributed by atoms with Crippen LogP contribution in [-0.4, -0.2) is 47.0 Å². The first-order valence-corrected chi connectivity index (χ1v) is 12.6. The Morgan fingerprint density at radius 2 is 1.82 bits per heavy atom. The van der Waals surface area contributed by atoms with Crippen molar-refractivity contribution in [1.82, 2.24) is 9.88 Å². The normalized spacial score (nSPS) is 15.2. The van der Waals surface area contributed by atoms with Gasteiger partial charge in [0.2, 0.25) is 5.78 Å². The molecule has 0 saturated heterocycles. The maximum absolute atomic E-state index is 13.9. The molecule has 1 aliphatic rings. The highest BCUT2D eigenvalue weighted by Gasteiger charge is 2.45. The van der Waals surface area contributed by atoms with Crippen molar-refractivity contribution >= 4 is 22.7 Å². The number of aliphatic hydroxyl groups is 1. The van der Waals surface area contributed by atoms with Gasteiger partial charge in [-0.1, -0.05) is 24.3 Å². The molecule has 9 heteroatoms. The van der Waals surface area contributed by atoms with Crippen LogP contribution < -0.4 is 14.2 Å². The molecule has 1 aliphatic heterocycles. The van der Waals surface area contributed by atoms with Crippen molar-refractivity contribution < 1.29 is 33.3 Å². The molecule has 0 fully saturated rings. The number of nitrogens with zero attached hydrogens (tertiary/aromatic N) is 2. The highest BCUT2D eigenvalue weighted by molar-refractivity contribution is 6.16. The molecule has 5 rings (SSSR count). The lowest BCUT2D eigenvalue weighted by Crippen LogP contribution is -2.30. The lowest BCUT2D eigenvalue weighted by molar-refractivity contribution is -0.130. The Morgan fingerprint density at radius 1 is 1.03 bits per heavy atom. The standard InChI is InChI=1S/C30H28N2O7/c1-4-37-21-12-11-19(14-23(21)38-5-2)26-25(28(34)30(35)32(26)17-18-8-7-13-31-16-18)27(33)24-15-20-9-6-10-22(36-3)29(20)39-24/h6-16,26,34H,4-5,17H2,1-3H3. The van der Waals surface area contributed by atoms with Crippen LogP contribution in [0.1, 0.15) is 41.6 Å². The van der Waals surface area contributed by atoms with Gasteiger partial charge < -0.3 is 28.6 Å². The molecule has 0 spiro atoms. The third-order valence-electron chi connectivity index (χ3n) is 6.46. The van der Waals surface area contributed by atoms with Crippen molar-refractivity contribution in [2.75, 3.05) is 20.3 Å². The van der Waals surface area contributed by atoms with E-state index in [1.165, 1.54) is 12.0 Å². The number of Topliss-reactive ketones (excluding diaryl/α,β-unsaturated/α-hetero) is 1. The molecule has 2 aromatic carbocycles. The highest BCUT2D eigenvalue weighted by atomic mass is 16.5. The van der Waals surface area contributed by atoms with Gasteiger partial charge in [0.1, 0.15) is 0 Å². The van der Waals surface area contributed by atoms with Crippen LogP contribution in [0.3, 0.4) is 0 Å². The first kappa shape index (κ1) is 25.8. The number of benzene rings is 2. The van der Waals surface area contributed by atoms with E-state index in [4.69, 9.17) is 18.6 Å². The summed E-state index contributed by atoms with van der Waals surface area (Å²) >= 11 is 0. The first-order valence-electron chi connectivity index (χ1n) is 12.6. The zero-order valence-corrected chi connectivity index (χ0v) is 21.8. The molecule has 1 unspecified atom stereocenters. The molecule has 9 nitrogen and oxygen atoms in total. The third kappa shape index (κ3) is 4.79. The van der Waals surface area contributed by atoms with Crippen molar-refractivity contribution in [1.29, 1.82) is 0 Å². The first-order chi connectivity index (χ1) is 19.0. The zero-order chi connectivity index (χ0) is 27.5. The second-order valence-electron chi connectivity index (χ2n) is 8.85. The van der Waals surface area contributed by atoms with E-state index in [9.17, 15) is 14.7 Å². The third-order valence-corrected chi connectivity index (χ3v) is 6.46. The number of hydrogen-bond acceptors (Lipinski definition) is 8. The lowest BCUT2D eigenvalue weighted by atomic mass is 9.94. The van der Waals surface area contributed by atoms with E-state index in [1.807, 2.05) is 19.9 Å². The maximum Gasteiger partial charge on any atom is 0.290 e. The number of furan rings is 1. The van der Waals surface area contributed by atoms with Crippen LogP contribution in [0.2, 0.25) is 0 Å². The van der Waals surface area contributed by atoms with Crippen LogP contribution >= 0.6 is 0 Å². The molecule has 200 valence electrons. The van der Waals surface area contributed by atoms with Crippen LogP contribution in [0, 0.1) is 0 Å². The van der Waals surface area contributed by atoms with E-state index in [2.05, 4.69) is 4.98 Å². The van der Waals surface area contributed by atoms with Gasteiger partial charge in [0.05, 0.1) is 31.9 Å². The molecule has 39 heavy (non-hydrogen) atoms. The molecule has 2 aromatic heterocycles. The van der Waals surface area contributed by atoms with Gasteiger partial charge in [0.25, 0.3) is 5.91 Å². The SMILES string of the molecule is CCOc1ccc(C2C(C(=O)c3cc4cccc(OC)c4o3)=C(O)C(=O)N2Cc2cccnc2)cc1OCC. The lowest BCUT2D eigenvalue weighted by Gasteiger charge is -2.27. The van der Waals surface area contributed by atoms with Gasteiger partial charge in [-0.15, -0.1) is 0 Å². The van der Waals surface area contributed by atoms with Crippen molar-refractivity contribution in [3.05, 3.63) is 95.2 Å². The summed E-state index contributed by atoms with van der Waals surface area (Å²) in [5, 5.41) is 11.7. The van der Waals surface area contributed by atoms with Gasteiger partial charge in [0.15, 0.2) is 34.4 Å². The molecule has 1 amide bonds. The average Bonchev–Trinajstić information content (AvgIpc) is 3.50. The van der Waals surface area contributed by atoms with E-state index in [-0.39, 0.29) is 17.9 Å². The van der Waals surface area contributed by atoms with Crippen LogP contribution in [0.25, 0.3) is 11.0 Å². The number of amides is 1. The molecule has 0 aliphatic carbocycles. The summed E-state index contributed by atoms with van der Waals surface area (Å²) in [7, 11) is 1.51. The number of carbonyl (C=O) groups is 2. The van der Waals surface area contributed by atoms with E-state index in [0.29, 0.717) is 47.0 Å². The number of aliphatic hydroxyl groups excluding tert-OH is 1. The summed E-state index contributed by atoms with van der Waals surface area (Å²) in [6.45, 7) is 4.67. The average molecular weight is 529 g/mol. The number of hydrogen-bond donors (Lipinski definition) is 1. The van der Waals surface area contributed by atoms with Crippen LogP contribution in [0.4, 0.5) is 0 Å². The van der Waals surface area contributed by atoms with Gasteiger partial charge in [-0.2, -0.15) is 0 Å². The smallest absolute Gasteiger partial charge is 0.290 e. The molecular formula is C30H28N2O7. The van der Waals surface area contributed by atoms with Gasteiger partial charge in [-0.25, -0.2) is 0 Å². The Morgan fingerprint density at radius 3 is 2.54 bits per heavy atom. The van der Waals surface area contributed by atoms with Crippen LogP contribution in [0.15, 0.2) is 82.7 Å². The van der Waals surface area contributed by atoms with Gasteiger partial charge in [-0.3, -0.25) is 14.6 Å². The molecular weight excluding hydrogens is 500 g/mol. The molecule has 4 aromatic rings. The number of rotatable bonds is 10. The van der Waals surface area contributed by atoms with E-state index in [0.717, 1.165) is 5.56 Å². The van der Waals surface area contributed by atoms with E-state index < -0.39 is 23.5 Å². The second-order valence-corrected chi connectivity index (χ2v) is 8.85. The van der Waals surface area contributed by atoms with E-state index in [1.54, 1.807) is 60.9 Å². The molecule has 3 heterocycles. The largest absolute Gasteiger partial charge is 0.503 e. The Bertz CT molecular complexity index is 1560. The summed E-state index contributed by atoms with van der Waals surface area (Å²) in [5.41, 5.74) is 1.62. The van der Waals surface area contributed by atoms with Crippen molar-refractivity contribution in [3.8, 4) is 17.2 Å². The predicted octanol–water partition coefficient (Wildman–Crippen LogP) is 5.41. The minimum absolute atomic E-state index is 0.0203. The van der Waals surface area contributed by atoms with Crippen LogP contribution in [-0.2, 0) is 11.3 Å². The molecule has 1 N–H and O–H groups in total. The monoisotopic (exact) mass is 528 g/mol. The fourth-order valence-electron chi connectivity index (χ4n) is 4.76. The number of ketones is 1. The fraction of sp³-hybridized carbons (Fsp3) is 0.233. The summed E-state index contributed by atoms with van der Waals surface area (Å²) in [5.74, 6) is -0.456. The van der Waals surface area contributed by atoms with E-state index >= 15 is 0 Å². The fourth-order valence-corrected chi connectivity index (χ4v) is 4.76. The number of para-hydroxylation sites is 1. The minimum atomic E-state index is -0.921. The summed E-state index contributed by atoms with van der Waals surface area (Å²) < 4.78 is 22.8. The van der Waals surface area contributed by atoms with Crippen LogP contribution in [0.5, 0.6) is 17.2 Å². The van der Waals surface area contributed by atoms with Gasteiger partial charge in [0, 0.05) is 24.3 Å². The number of methoxy groups -OCH3 is 1. The number of aromatic nitrogens is 1. The zero-order valence-electron chi connectivity index (χ0n) is 21.8. The molecule has 0 saturated carbocycles. The molecule has 0 bridgehead atoms. The maximum atomic E-state index is 13.9.